The third-order valence-electron chi connectivity index (χ3n) is 6.35. The van der Waals surface area contributed by atoms with E-state index < -0.39 is 6.04 Å². The van der Waals surface area contributed by atoms with E-state index in [1.54, 1.807) is 23.9 Å². The standard InChI is InChI=1S/C24H35N7O3/c1-15-5-6-17(11-16(15)2)13-26-24-28-19(12-25)21(22(33)29-24)27-18-7-9-31(10-8-18)23(34)20(14-32)30(3)4/h5-6,11-12,18,20,25,27,32H,7-10,13-14H2,1-4H3,(H2,26,28,29,33). The van der Waals surface area contributed by atoms with E-state index in [9.17, 15) is 14.7 Å². The molecule has 1 aromatic heterocycles. The molecular weight excluding hydrogens is 434 g/mol. The number of hydrogen-bond acceptors (Lipinski definition) is 8. The van der Waals surface area contributed by atoms with Crippen LogP contribution in [0.2, 0.25) is 0 Å². The molecule has 34 heavy (non-hydrogen) atoms. The van der Waals surface area contributed by atoms with Crippen molar-refractivity contribution in [3.8, 4) is 0 Å². The van der Waals surface area contributed by atoms with E-state index in [2.05, 4.69) is 46.6 Å². The number of aliphatic hydroxyl groups is 1. The SMILES string of the molecule is Cc1ccc(CNc2nc(C=N)c(NC3CCN(C(=O)C(CO)N(C)C)CC3)c(=O)[nH]2)cc1C. The molecule has 1 fully saturated rings. The minimum absolute atomic E-state index is 0.0214. The summed E-state index contributed by atoms with van der Waals surface area (Å²) in [5.41, 5.74) is 3.67. The van der Waals surface area contributed by atoms with E-state index in [0.717, 1.165) is 11.8 Å². The predicted octanol–water partition coefficient (Wildman–Crippen LogP) is 1.32. The second kappa shape index (κ2) is 11.3. The lowest BCUT2D eigenvalue weighted by molar-refractivity contribution is -0.138. The Morgan fingerprint density at radius 3 is 2.62 bits per heavy atom. The Morgan fingerprint density at radius 1 is 1.32 bits per heavy atom. The number of hydrogen-bond donors (Lipinski definition) is 5. The van der Waals surface area contributed by atoms with Crippen LogP contribution in [-0.2, 0) is 11.3 Å². The van der Waals surface area contributed by atoms with E-state index in [0.29, 0.717) is 38.4 Å². The Balaban J connectivity index is 1.63. The van der Waals surface area contributed by atoms with E-state index in [1.165, 1.54) is 11.1 Å². The van der Waals surface area contributed by atoms with Gasteiger partial charge < -0.3 is 26.0 Å². The number of rotatable bonds is 9. The first kappa shape index (κ1) is 25.4. The summed E-state index contributed by atoms with van der Waals surface area (Å²) in [7, 11) is 3.54. The van der Waals surface area contributed by atoms with Crippen molar-refractivity contribution in [1.82, 2.24) is 19.8 Å². The summed E-state index contributed by atoms with van der Waals surface area (Å²) in [5.74, 6) is 0.219. The normalized spacial score (nSPS) is 15.3. The number of amides is 1. The summed E-state index contributed by atoms with van der Waals surface area (Å²) in [4.78, 5) is 36.0. The van der Waals surface area contributed by atoms with Crippen molar-refractivity contribution < 1.29 is 9.90 Å². The first-order valence-electron chi connectivity index (χ1n) is 11.5. The van der Waals surface area contributed by atoms with E-state index in [4.69, 9.17) is 5.41 Å². The second-order valence-corrected chi connectivity index (χ2v) is 9.00. The Morgan fingerprint density at radius 2 is 2.03 bits per heavy atom. The lowest BCUT2D eigenvalue weighted by Crippen LogP contribution is -2.51. The van der Waals surface area contributed by atoms with Gasteiger partial charge in [-0.2, -0.15) is 0 Å². The van der Waals surface area contributed by atoms with Crippen molar-refractivity contribution >= 4 is 23.8 Å². The van der Waals surface area contributed by atoms with Crippen LogP contribution in [-0.4, -0.2) is 82.9 Å². The molecular formula is C24H35N7O3. The highest BCUT2D eigenvalue weighted by Crippen LogP contribution is 2.18. The highest BCUT2D eigenvalue weighted by molar-refractivity contribution is 5.83. The van der Waals surface area contributed by atoms with Crippen LogP contribution in [0.15, 0.2) is 23.0 Å². The van der Waals surface area contributed by atoms with E-state index >= 15 is 0 Å². The molecule has 184 valence electrons. The van der Waals surface area contributed by atoms with Gasteiger partial charge in [0.2, 0.25) is 11.9 Å². The molecule has 1 aliphatic rings. The number of H-pyrrole nitrogens is 1. The fourth-order valence-corrected chi connectivity index (χ4v) is 4.04. The Labute approximate surface area is 199 Å². The van der Waals surface area contributed by atoms with Gasteiger partial charge in [0.05, 0.1) is 6.61 Å². The monoisotopic (exact) mass is 469 g/mol. The number of aryl methyl sites for hydroxylation is 2. The quantitative estimate of drug-likeness (QED) is 0.349. The number of carbonyl (C=O) groups excluding carboxylic acids is 1. The topological polar surface area (TPSA) is 137 Å². The number of carbonyl (C=O) groups is 1. The maximum Gasteiger partial charge on any atom is 0.276 e. The first-order valence-corrected chi connectivity index (χ1v) is 11.5. The summed E-state index contributed by atoms with van der Waals surface area (Å²) in [6, 6.07) is 5.60. The van der Waals surface area contributed by atoms with Crippen molar-refractivity contribution in [1.29, 1.82) is 5.41 Å². The number of piperidine rings is 1. The average Bonchev–Trinajstić information content (AvgIpc) is 2.81. The van der Waals surface area contributed by atoms with Gasteiger partial charge in [-0.05, 0) is 57.5 Å². The molecule has 1 amide bonds. The Hall–Kier alpha value is -3.24. The second-order valence-electron chi connectivity index (χ2n) is 9.00. The Bertz CT molecular complexity index is 1070. The molecule has 1 aromatic carbocycles. The van der Waals surface area contributed by atoms with Crippen LogP contribution in [0, 0.1) is 19.3 Å². The number of likely N-dealkylation sites (tertiary alicyclic amines) is 1. The molecule has 0 bridgehead atoms. The smallest absolute Gasteiger partial charge is 0.276 e. The number of nitrogens with one attached hydrogen (secondary N) is 4. The van der Waals surface area contributed by atoms with Crippen LogP contribution in [0.3, 0.4) is 0 Å². The number of aromatic amines is 1. The number of nitrogens with zero attached hydrogens (tertiary/aromatic N) is 3. The van der Waals surface area contributed by atoms with Gasteiger partial charge in [-0.15, -0.1) is 0 Å². The Kier molecular flexibility index (Phi) is 8.41. The highest BCUT2D eigenvalue weighted by Gasteiger charge is 2.29. The van der Waals surface area contributed by atoms with Crippen LogP contribution < -0.4 is 16.2 Å². The third-order valence-corrected chi connectivity index (χ3v) is 6.35. The maximum atomic E-state index is 12.8. The van der Waals surface area contributed by atoms with Crippen LogP contribution in [0.4, 0.5) is 11.6 Å². The number of anilines is 2. The van der Waals surface area contributed by atoms with Gasteiger partial charge in [0.25, 0.3) is 5.56 Å². The number of aromatic nitrogens is 2. The van der Waals surface area contributed by atoms with Gasteiger partial charge in [0, 0.05) is 31.9 Å². The molecule has 1 saturated heterocycles. The van der Waals surface area contributed by atoms with Gasteiger partial charge in [0.1, 0.15) is 17.4 Å². The van der Waals surface area contributed by atoms with Crippen LogP contribution in [0.5, 0.6) is 0 Å². The number of aliphatic hydroxyl groups excluding tert-OH is 1. The molecule has 1 aliphatic heterocycles. The van der Waals surface area contributed by atoms with Gasteiger partial charge in [0.15, 0.2) is 0 Å². The molecule has 3 rings (SSSR count). The predicted molar refractivity (Wildman–Crippen MR) is 134 cm³/mol. The van der Waals surface area contributed by atoms with Crippen LogP contribution in [0.25, 0.3) is 0 Å². The molecule has 0 spiro atoms. The van der Waals surface area contributed by atoms with Crippen molar-refractivity contribution in [2.45, 2.75) is 45.3 Å². The van der Waals surface area contributed by atoms with Crippen molar-refractivity contribution in [2.75, 3.05) is 44.4 Å². The molecule has 0 saturated carbocycles. The minimum Gasteiger partial charge on any atom is -0.394 e. The van der Waals surface area contributed by atoms with E-state index in [-0.39, 0.29) is 35.5 Å². The minimum atomic E-state index is -0.551. The first-order chi connectivity index (χ1) is 16.2. The van der Waals surface area contributed by atoms with Crippen LogP contribution in [0.1, 0.15) is 35.2 Å². The largest absolute Gasteiger partial charge is 0.394 e. The third kappa shape index (κ3) is 6.00. The molecule has 10 heteroatoms. The number of benzene rings is 1. The maximum absolute atomic E-state index is 12.8. The molecule has 10 nitrogen and oxygen atoms in total. The molecule has 1 unspecified atom stereocenters. The molecule has 2 aromatic rings. The lowest BCUT2D eigenvalue weighted by atomic mass is 10.0. The molecule has 2 heterocycles. The molecule has 1 atom stereocenters. The zero-order valence-electron chi connectivity index (χ0n) is 20.3. The molecule has 5 N–H and O–H groups in total. The fourth-order valence-electron chi connectivity index (χ4n) is 4.04. The highest BCUT2D eigenvalue weighted by atomic mass is 16.3. The number of likely N-dealkylation sites (N-methyl/N-ethyl adjacent to an activating group) is 1. The summed E-state index contributed by atoms with van der Waals surface area (Å²) in [6.45, 7) is 5.45. The van der Waals surface area contributed by atoms with Gasteiger partial charge in [-0.1, -0.05) is 18.2 Å². The average molecular weight is 470 g/mol. The van der Waals surface area contributed by atoms with Crippen molar-refractivity contribution in [3.63, 3.8) is 0 Å². The lowest BCUT2D eigenvalue weighted by Gasteiger charge is -2.35. The molecule has 0 radical (unpaired) electrons. The van der Waals surface area contributed by atoms with Crippen molar-refractivity contribution in [3.05, 3.63) is 50.9 Å². The summed E-state index contributed by atoms with van der Waals surface area (Å²) in [6.07, 6.45) is 2.38. The van der Waals surface area contributed by atoms with Gasteiger partial charge in [-0.3, -0.25) is 19.5 Å². The summed E-state index contributed by atoms with van der Waals surface area (Å²) in [5, 5.41) is 23.6. The van der Waals surface area contributed by atoms with Gasteiger partial charge >= 0.3 is 0 Å². The molecule has 0 aliphatic carbocycles. The zero-order valence-corrected chi connectivity index (χ0v) is 20.3. The zero-order chi connectivity index (χ0) is 24.8. The van der Waals surface area contributed by atoms with Crippen LogP contribution >= 0.6 is 0 Å². The van der Waals surface area contributed by atoms with E-state index in [1.807, 2.05) is 6.07 Å². The summed E-state index contributed by atoms with van der Waals surface area (Å²) >= 11 is 0. The fraction of sp³-hybridized carbons (Fsp3) is 0.500. The summed E-state index contributed by atoms with van der Waals surface area (Å²) < 4.78 is 0. The van der Waals surface area contributed by atoms with Gasteiger partial charge in [-0.25, -0.2) is 4.98 Å². The van der Waals surface area contributed by atoms with Crippen molar-refractivity contribution in [2.24, 2.45) is 0 Å².